The van der Waals surface area contributed by atoms with Crippen LogP contribution in [0.2, 0.25) is 5.15 Å². The molecule has 0 aliphatic heterocycles. The van der Waals surface area contributed by atoms with Gasteiger partial charge >= 0.3 is 5.97 Å². The summed E-state index contributed by atoms with van der Waals surface area (Å²) in [4.78, 5) is 10.7. The average molecular weight is 187 g/mol. The van der Waals surface area contributed by atoms with Gasteiger partial charge in [-0.15, -0.1) is 0 Å². The van der Waals surface area contributed by atoms with Crippen LogP contribution in [0.5, 0.6) is 0 Å². The van der Waals surface area contributed by atoms with Crippen molar-refractivity contribution in [1.29, 1.82) is 0 Å². The number of rotatable bonds is 2. The quantitative estimate of drug-likeness (QED) is 0.738. The third kappa shape index (κ3) is 1.08. The standard InChI is InChI=1S/C7H7ClN2O2/c8-6-4(7(11)12)5(9-10-6)3-1-2-3/h3H,1-2H2,(H,9,10)(H,11,12). The Morgan fingerprint density at radius 2 is 2.33 bits per heavy atom. The fourth-order valence-electron chi connectivity index (χ4n) is 1.20. The smallest absolute Gasteiger partial charge is 0.340 e. The molecule has 1 heterocycles. The van der Waals surface area contributed by atoms with Gasteiger partial charge in [0.15, 0.2) is 5.15 Å². The summed E-state index contributed by atoms with van der Waals surface area (Å²) in [6, 6.07) is 0. The predicted molar refractivity (Wildman–Crippen MR) is 42.5 cm³/mol. The van der Waals surface area contributed by atoms with Crippen molar-refractivity contribution in [1.82, 2.24) is 10.2 Å². The van der Waals surface area contributed by atoms with Gasteiger partial charge in [-0.1, -0.05) is 11.6 Å². The highest BCUT2D eigenvalue weighted by molar-refractivity contribution is 6.32. The van der Waals surface area contributed by atoms with Gasteiger partial charge in [-0.05, 0) is 12.8 Å². The minimum atomic E-state index is -1.00. The van der Waals surface area contributed by atoms with E-state index in [2.05, 4.69) is 10.2 Å². The summed E-state index contributed by atoms with van der Waals surface area (Å²) >= 11 is 5.59. The first-order valence-corrected chi connectivity index (χ1v) is 4.05. The Labute approximate surface area is 73.5 Å². The lowest BCUT2D eigenvalue weighted by molar-refractivity contribution is 0.0696. The summed E-state index contributed by atoms with van der Waals surface area (Å²) in [5.41, 5.74) is 0.812. The second-order valence-corrected chi connectivity index (χ2v) is 3.24. The van der Waals surface area contributed by atoms with Crippen molar-refractivity contribution in [3.8, 4) is 0 Å². The van der Waals surface area contributed by atoms with Gasteiger partial charge in [0.05, 0.1) is 5.69 Å². The lowest BCUT2D eigenvalue weighted by Gasteiger charge is -1.93. The Hall–Kier alpha value is -1.03. The molecule has 0 spiro atoms. The summed E-state index contributed by atoms with van der Waals surface area (Å²) in [5, 5.41) is 15.1. The number of halogens is 1. The molecule has 1 saturated carbocycles. The summed E-state index contributed by atoms with van der Waals surface area (Å²) in [6.07, 6.45) is 2.05. The molecule has 0 aromatic carbocycles. The number of nitrogens with zero attached hydrogens (tertiary/aromatic N) is 1. The minimum absolute atomic E-state index is 0.0596. The number of aromatic nitrogens is 2. The maximum Gasteiger partial charge on any atom is 0.340 e. The molecule has 2 N–H and O–H groups in total. The Kier molecular flexibility index (Phi) is 1.58. The van der Waals surface area contributed by atoms with Crippen molar-refractivity contribution in [3.63, 3.8) is 0 Å². The van der Waals surface area contributed by atoms with Gasteiger partial charge in [0.1, 0.15) is 5.56 Å². The van der Waals surface area contributed by atoms with Gasteiger partial charge in [0, 0.05) is 5.92 Å². The minimum Gasteiger partial charge on any atom is -0.478 e. The number of carboxylic acids is 1. The van der Waals surface area contributed by atoms with E-state index in [1.165, 1.54) is 0 Å². The monoisotopic (exact) mass is 186 g/mol. The fourth-order valence-corrected chi connectivity index (χ4v) is 1.43. The molecular weight excluding hydrogens is 180 g/mol. The number of hydrogen-bond donors (Lipinski definition) is 2. The number of aromatic amines is 1. The zero-order valence-corrected chi connectivity index (χ0v) is 6.93. The molecule has 1 fully saturated rings. The molecule has 1 aliphatic rings. The molecule has 0 saturated heterocycles. The molecule has 0 unspecified atom stereocenters. The van der Waals surface area contributed by atoms with Gasteiger partial charge in [-0.25, -0.2) is 4.79 Å². The summed E-state index contributed by atoms with van der Waals surface area (Å²) in [5.74, 6) is -0.674. The molecule has 1 aromatic rings. The Bertz CT molecular complexity index is 330. The van der Waals surface area contributed by atoms with Crippen LogP contribution in [0.15, 0.2) is 0 Å². The number of carbonyl (C=O) groups is 1. The molecule has 4 nitrogen and oxygen atoms in total. The van der Waals surface area contributed by atoms with E-state index in [0.29, 0.717) is 11.6 Å². The van der Waals surface area contributed by atoms with Crippen LogP contribution in [-0.2, 0) is 0 Å². The molecule has 0 atom stereocenters. The Balaban J connectivity index is 2.46. The van der Waals surface area contributed by atoms with Crippen LogP contribution in [0, 0.1) is 0 Å². The fraction of sp³-hybridized carbons (Fsp3) is 0.429. The zero-order valence-electron chi connectivity index (χ0n) is 6.17. The molecule has 12 heavy (non-hydrogen) atoms. The van der Waals surface area contributed by atoms with E-state index < -0.39 is 5.97 Å². The highest BCUT2D eigenvalue weighted by Gasteiger charge is 2.31. The van der Waals surface area contributed by atoms with Crippen LogP contribution in [0.25, 0.3) is 0 Å². The molecule has 2 rings (SSSR count). The summed E-state index contributed by atoms with van der Waals surface area (Å²) in [7, 11) is 0. The van der Waals surface area contributed by atoms with Crippen molar-refractivity contribution in [2.75, 3.05) is 0 Å². The summed E-state index contributed by atoms with van der Waals surface area (Å²) in [6.45, 7) is 0. The Morgan fingerprint density at radius 1 is 1.67 bits per heavy atom. The van der Waals surface area contributed by atoms with Crippen LogP contribution in [0.4, 0.5) is 0 Å². The van der Waals surface area contributed by atoms with Gasteiger partial charge in [0.2, 0.25) is 0 Å². The van der Waals surface area contributed by atoms with Crippen LogP contribution < -0.4 is 0 Å². The lowest BCUT2D eigenvalue weighted by atomic mass is 10.2. The number of nitrogens with one attached hydrogen (secondary N) is 1. The molecule has 1 aromatic heterocycles. The van der Waals surface area contributed by atoms with Gasteiger partial charge < -0.3 is 5.11 Å². The summed E-state index contributed by atoms with van der Waals surface area (Å²) < 4.78 is 0. The number of carboxylic acid groups (broad SMARTS) is 1. The largest absolute Gasteiger partial charge is 0.478 e. The van der Waals surface area contributed by atoms with Gasteiger partial charge in [0.25, 0.3) is 0 Å². The maximum atomic E-state index is 10.7. The van der Waals surface area contributed by atoms with E-state index in [9.17, 15) is 4.79 Å². The van der Waals surface area contributed by atoms with Gasteiger partial charge in [-0.2, -0.15) is 5.10 Å². The first-order valence-electron chi connectivity index (χ1n) is 3.67. The van der Waals surface area contributed by atoms with E-state index in [1.54, 1.807) is 0 Å². The van der Waals surface area contributed by atoms with Crippen LogP contribution in [0.1, 0.15) is 34.8 Å². The first kappa shape index (κ1) is 7.61. The second kappa shape index (κ2) is 2.48. The normalized spacial score (nSPS) is 16.4. The molecule has 5 heteroatoms. The van der Waals surface area contributed by atoms with Crippen molar-refractivity contribution in [3.05, 3.63) is 16.4 Å². The SMILES string of the molecule is O=C(O)c1c(Cl)n[nH]c1C1CC1. The van der Waals surface area contributed by atoms with Gasteiger partial charge in [-0.3, -0.25) is 5.10 Å². The van der Waals surface area contributed by atoms with Crippen LogP contribution in [0.3, 0.4) is 0 Å². The third-order valence-corrected chi connectivity index (χ3v) is 2.22. The third-order valence-electron chi connectivity index (χ3n) is 1.95. The molecule has 0 radical (unpaired) electrons. The van der Waals surface area contributed by atoms with Crippen LogP contribution >= 0.6 is 11.6 Å². The molecule has 0 bridgehead atoms. The van der Waals surface area contributed by atoms with E-state index in [-0.39, 0.29) is 10.7 Å². The second-order valence-electron chi connectivity index (χ2n) is 2.88. The van der Waals surface area contributed by atoms with Crippen molar-refractivity contribution in [2.45, 2.75) is 18.8 Å². The molecule has 1 aliphatic carbocycles. The van der Waals surface area contributed by atoms with E-state index in [4.69, 9.17) is 16.7 Å². The highest BCUT2D eigenvalue weighted by Crippen LogP contribution is 2.41. The molecular formula is C7H7ClN2O2. The topological polar surface area (TPSA) is 66.0 Å². The van der Waals surface area contributed by atoms with Crippen molar-refractivity contribution >= 4 is 17.6 Å². The average Bonchev–Trinajstić information content (AvgIpc) is 2.75. The van der Waals surface area contributed by atoms with Crippen LogP contribution in [-0.4, -0.2) is 21.3 Å². The van der Waals surface area contributed by atoms with E-state index in [0.717, 1.165) is 12.8 Å². The predicted octanol–water partition coefficient (Wildman–Crippen LogP) is 1.64. The number of aromatic carboxylic acids is 1. The number of H-pyrrole nitrogens is 1. The van der Waals surface area contributed by atoms with E-state index in [1.807, 2.05) is 0 Å². The first-order chi connectivity index (χ1) is 5.70. The molecule has 0 amide bonds. The van der Waals surface area contributed by atoms with Crippen molar-refractivity contribution in [2.24, 2.45) is 0 Å². The maximum absolute atomic E-state index is 10.7. The molecule has 64 valence electrons. The highest BCUT2D eigenvalue weighted by atomic mass is 35.5. The van der Waals surface area contributed by atoms with E-state index >= 15 is 0 Å². The lowest BCUT2D eigenvalue weighted by Crippen LogP contribution is -1.99. The van der Waals surface area contributed by atoms with Crippen molar-refractivity contribution < 1.29 is 9.90 Å². The Morgan fingerprint density at radius 3 is 2.83 bits per heavy atom. The number of hydrogen-bond acceptors (Lipinski definition) is 2. The zero-order chi connectivity index (χ0) is 8.72.